The standard InChI is InChI=1S/C19H28F3N7/c1-14-12-15(2)29(28-14)11-5-10-26-18(23-3)25-9-4-8-24-17-7-6-16(13-27-17)19(20,21)22/h6-7,12-13H,4-5,8-11H2,1-3H3,(H,24,27)(H2,23,25,26). The summed E-state index contributed by atoms with van der Waals surface area (Å²) in [5.41, 5.74) is 1.42. The second-order valence-electron chi connectivity index (χ2n) is 6.64. The molecule has 0 aliphatic carbocycles. The second-order valence-corrected chi connectivity index (χ2v) is 6.64. The minimum absolute atomic E-state index is 0.421. The molecule has 0 bridgehead atoms. The number of anilines is 1. The van der Waals surface area contributed by atoms with Crippen LogP contribution in [-0.2, 0) is 12.7 Å². The highest BCUT2D eigenvalue weighted by atomic mass is 19.4. The van der Waals surface area contributed by atoms with Crippen LogP contribution in [0.3, 0.4) is 0 Å². The first-order chi connectivity index (χ1) is 13.8. The van der Waals surface area contributed by atoms with Gasteiger partial charge in [-0.2, -0.15) is 18.3 Å². The molecule has 2 heterocycles. The number of nitrogens with zero attached hydrogens (tertiary/aromatic N) is 4. The van der Waals surface area contributed by atoms with Crippen LogP contribution in [0.2, 0.25) is 0 Å². The summed E-state index contributed by atoms with van der Waals surface area (Å²) in [6, 6.07) is 4.41. The highest BCUT2D eigenvalue weighted by Gasteiger charge is 2.30. The zero-order chi connectivity index (χ0) is 21.3. The van der Waals surface area contributed by atoms with E-state index in [1.165, 1.54) is 6.07 Å². The van der Waals surface area contributed by atoms with Gasteiger partial charge in [-0.05, 0) is 44.9 Å². The molecule has 0 radical (unpaired) electrons. The van der Waals surface area contributed by atoms with Crippen molar-refractivity contribution in [1.29, 1.82) is 0 Å². The predicted octanol–water partition coefficient (Wildman–Crippen LogP) is 2.97. The number of aryl methyl sites for hydroxylation is 3. The monoisotopic (exact) mass is 411 g/mol. The van der Waals surface area contributed by atoms with Gasteiger partial charge < -0.3 is 16.0 Å². The smallest absolute Gasteiger partial charge is 0.370 e. The molecular formula is C19H28F3N7. The molecule has 0 unspecified atom stereocenters. The molecule has 2 rings (SSSR count). The van der Waals surface area contributed by atoms with Crippen LogP contribution in [0.15, 0.2) is 29.4 Å². The molecule has 3 N–H and O–H groups in total. The third-order valence-electron chi connectivity index (χ3n) is 4.21. The lowest BCUT2D eigenvalue weighted by atomic mass is 10.3. The van der Waals surface area contributed by atoms with Crippen molar-refractivity contribution >= 4 is 11.8 Å². The van der Waals surface area contributed by atoms with Gasteiger partial charge in [0.05, 0.1) is 11.3 Å². The zero-order valence-electron chi connectivity index (χ0n) is 17.0. The second kappa shape index (κ2) is 10.7. The lowest BCUT2D eigenvalue weighted by molar-refractivity contribution is -0.137. The Hall–Kier alpha value is -2.78. The maximum absolute atomic E-state index is 12.5. The van der Waals surface area contributed by atoms with Crippen LogP contribution < -0.4 is 16.0 Å². The lowest BCUT2D eigenvalue weighted by Crippen LogP contribution is -2.38. The highest BCUT2D eigenvalue weighted by molar-refractivity contribution is 5.79. The average Bonchev–Trinajstić information content (AvgIpc) is 3.00. The van der Waals surface area contributed by atoms with Crippen molar-refractivity contribution in [2.75, 3.05) is 32.0 Å². The molecule has 0 spiro atoms. The number of halogens is 3. The molecule has 0 fully saturated rings. The Bertz CT molecular complexity index is 782. The van der Waals surface area contributed by atoms with E-state index in [0.29, 0.717) is 24.9 Å². The van der Waals surface area contributed by atoms with Crippen LogP contribution in [0, 0.1) is 13.8 Å². The van der Waals surface area contributed by atoms with E-state index in [1.54, 1.807) is 7.05 Å². The zero-order valence-corrected chi connectivity index (χ0v) is 17.0. The molecule has 0 aliphatic rings. The number of aliphatic imine (C=N–C) groups is 1. The number of alkyl halides is 3. The Labute approximate surface area is 168 Å². The van der Waals surface area contributed by atoms with Crippen molar-refractivity contribution in [2.45, 2.75) is 39.4 Å². The van der Waals surface area contributed by atoms with E-state index >= 15 is 0 Å². The summed E-state index contributed by atoms with van der Waals surface area (Å²) < 4.78 is 39.5. The molecule has 0 aliphatic heterocycles. The topological polar surface area (TPSA) is 79.2 Å². The molecule has 0 aromatic carbocycles. The van der Waals surface area contributed by atoms with Crippen LogP contribution in [0.25, 0.3) is 0 Å². The Morgan fingerprint density at radius 1 is 1.10 bits per heavy atom. The Kier molecular flexibility index (Phi) is 8.29. The van der Waals surface area contributed by atoms with Crippen LogP contribution >= 0.6 is 0 Å². The predicted molar refractivity (Wildman–Crippen MR) is 108 cm³/mol. The minimum Gasteiger partial charge on any atom is -0.370 e. The van der Waals surface area contributed by atoms with Gasteiger partial charge in [0.2, 0.25) is 0 Å². The first-order valence-corrected chi connectivity index (χ1v) is 9.52. The maximum Gasteiger partial charge on any atom is 0.417 e. The Balaban J connectivity index is 1.59. The molecule has 10 heteroatoms. The fourth-order valence-corrected chi connectivity index (χ4v) is 2.74. The van der Waals surface area contributed by atoms with Gasteiger partial charge in [-0.25, -0.2) is 4.98 Å². The largest absolute Gasteiger partial charge is 0.417 e. The number of aromatic nitrogens is 3. The average molecular weight is 411 g/mol. The summed E-state index contributed by atoms with van der Waals surface area (Å²) in [6.07, 6.45) is -1.86. The van der Waals surface area contributed by atoms with E-state index in [4.69, 9.17) is 0 Å². The van der Waals surface area contributed by atoms with Crippen LogP contribution in [0.4, 0.5) is 19.0 Å². The molecule has 2 aromatic heterocycles. The first kappa shape index (κ1) is 22.5. The SMILES string of the molecule is CN=C(NCCCNc1ccc(C(F)(F)F)cn1)NCCCn1nc(C)cc1C. The van der Waals surface area contributed by atoms with Gasteiger partial charge >= 0.3 is 6.18 Å². The van der Waals surface area contributed by atoms with Gasteiger partial charge in [0, 0.05) is 45.1 Å². The summed E-state index contributed by atoms with van der Waals surface area (Å²) in [4.78, 5) is 7.96. The summed E-state index contributed by atoms with van der Waals surface area (Å²) in [7, 11) is 1.71. The summed E-state index contributed by atoms with van der Waals surface area (Å²) in [5.74, 6) is 1.13. The van der Waals surface area contributed by atoms with Crippen molar-refractivity contribution in [2.24, 2.45) is 4.99 Å². The number of hydrogen-bond donors (Lipinski definition) is 3. The molecule has 160 valence electrons. The Morgan fingerprint density at radius 3 is 2.38 bits per heavy atom. The Morgan fingerprint density at radius 2 is 1.83 bits per heavy atom. The van der Waals surface area contributed by atoms with Gasteiger partial charge in [0.15, 0.2) is 5.96 Å². The van der Waals surface area contributed by atoms with Crippen LogP contribution in [-0.4, -0.2) is 47.4 Å². The molecule has 0 saturated carbocycles. The number of hydrogen-bond acceptors (Lipinski definition) is 4. The van der Waals surface area contributed by atoms with Gasteiger partial charge in [-0.15, -0.1) is 0 Å². The lowest BCUT2D eigenvalue weighted by Gasteiger charge is -2.13. The first-order valence-electron chi connectivity index (χ1n) is 9.52. The van der Waals surface area contributed by atoms with Crippen molar-refractivity contribution in [3.8, 4) is 0 Å². The molecule has 2 aromatic rings. The van der Waals surface area contributed by atoms with Crippen molar-refractivity contribution < 1.29 is 13.2 Å². The number of guanidine groups is 1. The molecule has 0 amide bonds. The number of pyridine rings is 1. The fourth-order valence-electron chi connectivity index (χ4n) is 2.74. The highest BCUT2D eigenvalue weighted by Crippen LogP contribution is 2.28. The number of nitrogens with one attached hydrogen (secondary N) is 3. The van der Waals surface area contributed by atoms with E-state index in [9.17, 15) is 13.2 Å². The molecule has 0 atom stereocenters. The van der Waals surface area contributed by atoms with E-state index in [0.717, 1.165) is 49.6 Å². The van der Waals surface area contributed by atoms with E-state index in [1.807, 2.05) is 18.5 Å². The van der Waals surface area contributed by atoms with Gasteiger partial charge in [0.1, 0.15) is 5.82 Å². The quantitative estimate of drug-likeness (QED) is 0.336. The van der Waals surface area contributed by atoms with E-state index in [-0.39, 0.29) is 0 Å². The maximum atomic E-state index is 12.5. The summed E-state index contributed by atoms with van der Waals surface area (Å²) >= 11 is 0. The van der Waals surface area contributed by atoms with E-state index < -0.39 is 11.7 Å². The normalized spacial score (nSPS) is 12.1. The third kappa shape index (κ3) is 7.63. The molecule has 29 heavy (non-hydrogen) atoms. The van der Waals surface area contributed by atoms with Crippen molar-refractivity contribution in [1.82, 2.24) is 25.4 Å². The van der Waals surface area contributed by atoms with Crippen LogP contribution in [0.5, 0.6) is 0 Å². The summed E-state index contributed by atoms with van der Waals surface area (Å²) in [5, 5.41) is 13.9. The molecular weight excluding hydrogens is 383 g/mol. The molecule has 7 nitrogen and oxygen atoms in total. The van der Waals surface area contributed by atoms with Crippen molar-refractivity contribution in [3.05, 3.63) is 41.3 Å². The van der Waals surface area contributed by atoms with Crippen molar-refractivity contribution in [3.63, 3.8) is 0 Å². The molecule has 0 saturated heterocycles. The summed E-state index contributed by atoms with van der Waals surface area (Å²) in [6.45, 7) is 6.89. The number of rotatable bonds is 9. The minimum atomic E-state index is -4.37. The van der Waals surface area contributed by atoms with Gasteiger partial charge in [-0.1, -0.05) is 0 Å². The third-order valence-corrected chi connectivity index (χ3v) is 4.21. The van der Waals surface area contributed by atoms with Gasteiger partial charge in [-0.3, -0.25) is 9.67 Å². The van der Waals surface area contributed by atoms with Crippen LogP contribution in [0.1, 0.15) is 29.8 Å². The van der Waals surface area contributed by atoms with E-state index in [2.05, 4.69) is 37.1 Å². The van der Waals surface area contributed by atoms with Gasteiger partial charge in [0.25, 0.3) is 0 Å². The fraction of sp³-hybridized carbons (Fsp3) is 0.526.